The molecule has 0 aliphatic carbocycles. The smallest absolute Gasteiger partial charge is 0.299 e. The molecule has 0 aliphatic heterocycles. The summed E-state index contributed by atoms with van der Waals surface area (Å²) in [5.41, 5.74) is 2.02. The van der Waals surface area contributed by atoms with Crippen LogP contribution in [0.2, 0.25) is 0 Å². The van der Waals surface area contributed by atoms with Crippen molar-refractivity contribution in [2.45, 2.75) is 30.5 Å². The molecule has 0 unspecified atom stereocenters. The van der Waals surface area contributed by atoms with E-state index in [0.717, 1.165) is 29.0 Å². The molecular formula is C19H22N2O3S3. The quantitative estimate of drug-likeness (QED) is 0.534. The molecule has 1 N–H and O–H groups in total. The molecule has 27 heavy (non-hydrogen) atoms. The number of rotatable bonds is 9. The zero-order valence-electron chi connectivity index (χ0n) is 15.1. The molecule has 0 spiro atoms. The minimum Gasteiger partial charge on any atom is -0.299 e. The van der Waals surface area contributed by atoms with Gasteiger partial charge >= 0.3 is 4.87 Å². The van der Waals surface area contributed by atoms with Gasteiger partial charge in [0, 0.05) is 24.6 Å². The predicted octanol–water partition coefficient (Wildman–Crippen LogP) is 3.68. The minimum absolute atomic E-state index is 0.0494. The van der Waals surface area contributed by atoms with E-state index in [0.29, 0.717) is 23.5 Å². The van der Waals surface area contributed by atoms with Gasteiger partial charge in [0.2, 0.25) is 10.0 Å². The van der Waals surface area contributed by atoms with Crippen LogP contribution in [0.5, 0.6) is 0 Å². The summed E-state index contributed by atoms with van der Waals surface area (Å²) in [7, 11) is -3.58. The fourth-order valence-electron chi connectivity index (χ4n) is 2.74. The largest absolute Gasteiger partial charge is 0.308 e. The van der Waals surface area contributed by atoms with Gasteiger partial charge in [0.25, 0.3) is 0 Å². The van der Waals surface area contributed by atoms with Gasteiger partial charge in [-0.3, -0.25) is 9.36 Å². The molecule has 0 atom stereocenters. The molecule has 0 aliphatic rings. The lowest BCUT2D eigenvalue weighted by Gasteiger charge is -2.07. The summed E-state index contributed by atoms with van der Waals surface area (Å²) in [6.07, 6.45) is 0.855. The summed E-state index contributed by atoms with van der Waals surface area (Å²) < 4.78 is 30.1. The van der Waals surface area contributed by atoms with E-state index in [1.807, 2.05) is 25.1 Å². The highest BCUT2D eigenvalue weighted by atomic mass is 32.2. The van der Waals surface area contributed by atoms with Crippen molar-refractivity contribution in [2.75, 3.05) is 12.3 Å². The molecule has 2 aromatic carbocycles. The average Bonchev–Trinajstić information content (AvgIpc) is 2.97. The molecule has 3 aromatic rings. The number of fused-ring (bicyclic) bond motifs is 1. The van der Waals surface area contributed by atoms with Gasteiger partial charge in [-0.25, -0.2) is 13.1 Å². The Bertz CT molecular complexity index is 1060. The molecule has 0 radical (unpaired) electrons. The van der Waals surface area contributed by atoms with Crippen molar-refractivity contribution in [3.05, 3.63) is 63.8 Å². The molecule has 3 rings (SSSR count). The van der Waals surface area contributed by atoms with Crippen LogP contribution in [-0.2, 0) is 22.3 Å². The lowest BCUT2D eigenvalue weighted by molar-refractivity contribution is 0.584. The first-order valence-electron chi connectivity index (χ1n) is 8.76. The van der Waals surface area contributed by atoms with Gasteiger partial charge in [-0.1, -0.05) is 48.6 Å². The number of benzene rings is 2. The molecule has 1 aromatic heterocycles. The molecule has 8 heteroatoms. The molecule has 0 amide bonds. The van der Waals surface area contributed by atoms with E-state index in [9.17, 15) is 13.2 Å². The number of aromatic nitrogens is 1. The Morgan fingerprint density at radius 3 is 2.67 bits per heavy atom. The van der Waals surface area contributed by atoms with E-state index in [4.69, 9.17) is 0 Å². The van der Waals surface area contributed by atoms with Crippen molar-refractivity contribution in [3.63, 3.8) is 0 Å². The van der Waals surface area contributed by atoms with Crippen LogP contribution in [0, 0.1) is 0 Å². The van der Waals surface area contributed by atoms with Gasteiger partial charge in [0.1, 0.15) is 0 Å². The van der Waals surface area contributed by atoms with Gasteiger partial charge in [-0.2, -0.15) is 11.8 Å². The van der Waals surface area contributed by atoms with Gasteiger partial charge in [-0.15, -0.1) is 0 Å². The summed E-state index contributed by atoms with van der Waals surface area (Å²) in [4.78, 5) is 12.2. The molecule has 144 valence electrons. The SMILES string of the molecule is CCCn1c(=O)sc2cc(S(=O)(=O)NCCSCc3ccccc3)ccc21. The summed E-state index contributed by atoms with van der Waals surface area (Å²) in [6.45, 7) is 3.02. The highest BCUT2D eigenvalue weighted by Gasteiger charge is 2.16. The van der Waals surface area contributed by atoms with Gasteiger partial charge in [0.15, 0.2) is 0 Å². The minimum atomic E-state index is -3.58. The topological polar surface area (TPSA) is 68.2 Å². The number of aryl methyl sites for hydroxylation is 1. The first kappa shape index (κ1) is 20.1. The van der Waals surface area contributed by atoms with E-state index in [2.05, 4.69) is 16.9 Å². The summed E-state index contributed by atoms with van der Waals surface area (Å²) >= 11 is 2.78. The van der Waals surface area contributed by atoms with E-state index in [-0.39, 0.29) is 9.77 Å². The van der Waals surface area contributed by atoms with Crippen molar-refractivity contribution >= 4 is 43.3 Å². The first-order valence-corrected chi connectivity index (χ1v) is 12.2. The van der Waals surface area contributed by atoms with Crippen LogP contribution in [0.4, 0.5) is 0 Å². The Morgan fingerprint density at radius 1 is 1.15 bits per heavy atom. The van der Waals surface area contributed by atoms with Crippen LogP contribution >= 0.6 is 23.1 Å². The Labute approximate surface area is 167 Å². The highest BCUT2D eigenvalue weighted by Crippen LogP contribution is 2.22. The average molecular weight is 423 g/mol. The standard InChI is InChI=1S/C19H22N2O3S3/c1-2-11-21-17-9-8-16(13-18(17)26-19(21)22)27(23,24)20-10-12-25-14-15-6-4-3-5-7-15/h3-9,13,20H,2,10-12,14H2,1H3. The number of nitrogens with zero attached hydrogens (tertiary/aromatic N) is 1. The third-order valence-corrected chi connectivity index (χ3v) is 7.48. The van der Waals surface area contributed by atoms with Crippen molar-refractivity contribution in [1.29, 1.82) is 0 Å². The van der Waals surface area contributed by atoms with Crippen LogP contribution in [-0.4, -0.2) is 25.3 Å². The number of thiazole rings is 1. The maximum absolute atomic E-state index is 12.5. The number of nitrogens with one attached hydrogen (secondary N) is 1. The van der Waals surface area contributed by atoms with Crippen LogP contribution in [0.25, 0.3) is 10.2 Å². The van der Waals surface area contributed by atoms with E-state index in [1.54, 1.807) is 34.5 Å². The molecule has 1 heterocycles. The summed E-state index contributed by atoms with van der Waals surface area (Å²) in [6, 6.07) is 15.0. The zero-order valence-corrected chi connectivity index (χ0v) is 17.5. The van der Waals surface area contributed by atoms with Gasteiger partial charge < -0.3 is 0 Å². The Balaban J connectivity index is 1.61. The molecule has 0 saturated heterocycles. The van der Waals surface area contributed by atoms with Crippen molar-refractivity contribution in [3.8, 4) is 0 Å². The maximum atomic E-state index is 12.5. The van der Waals surface area contributed by atoms with Crippen molar-refractivity contribution in [1.82, 2.24) is 9.29 Å². The third kappa shape index (κ3) is 5.01. The summed E-state index contributed by atoms with van der Waals surface area (Å²) in [5, 5.41) is 0. The Kier molecular flexibility index (Phi) is 6.75. The van der Waals surface area contributed by atoms with Crippen LogP contribution < -0.4 is 9.60 Å². The van der Waals surface area contributed by atoms with Crippen LogP contribution in [0.1, 0.15) is 18.9 Å². The first-order chi connectivity index (χ1) is 13.0. The molecule has 0 bridgehead atoms. The van der Waals surface area contributed by atoms with Gasteiger partial charge in [-0.05, 0) is 30.2 Å². The lowest BCUT2D eigenvalue weighted by Crippen LogP contribution is -2.26. The second-order valence-electron chi connectivity index (χ2n) is 6.09. The molecular weight excluding hydrogens is 400 g/mol. The fourth-order valence-corrected chi connectivity index (χ4v) is 5.78. The van der Waals surface area contributed by atoms with E-state index >= 15 is 0 Å². The lowest BCUT2D eigenvalue weighted by atomic mass is 10.2. The zero-order chi connectivity index (χ0) is 19.3. The highest BCUT2D eigenvalue weighted by molar-refractivity contribution is 7.98. The number of sulfonamides is 1. The molecule has 0 fully saturated rings. The predicted molar refractivity (Wildman–Crippen MR) is 114 cm³/mol. The van der Waals surface area contributed by atoms with Crippen LogP contribution in [0.3, 0.4) is 0 Å². The third-order valence-electron chi connectivity index (χ3n) is 4.05. The van der Waals surface area contributed by atoms with Crippen molar-refractivity contribution < 1.29 is 8.42 Å². The number of hydrogen-bond acceptors (Lipinski definition) is 5. The van der Waals surface area contributed by atoms with E-state index < -0.39 is 10.0 Å². The van der Waals surface area contributed by atoms with Crippen LogP contribution in [0.15, 0.2) is 58.2 Å². The second-order valence-corrected chi connectivity index (χ2v) is 9.95. The summed E-state index contributed by atoms with van der Waals surface area (Å²) in [5.74, 6) is 1.55. The monoisotopic (exact) mass is 422 g/mol. The fraction of sp³-hybridized carbons (Fsp3) is 0.316. The van der Waals surface area contributed by atoms with E-state index in [1.165, 1.54) is 5.56 Å². The maximum Gasteiger partial charge on any atom is 0.308 e. The number of hydrogen-bond donors (Lipinski definition) is 1. The Hall–Kier alpha value is -1.61. The molecule has 0 saturated carbocycles. The second kappa shape index (κ2) is 9.05. The number of thioether (sulfide) groups is 1. The van der Waals surface area contributed by atoms with Crippen molar-refractivity contribution in [2.24, 2.45) is 0 Å². The van der Waals surface area contributed by atoms with Gasteiger partial charge in [0.05, 0.1) is 15.1 Å². The normalized spacial score (nSPS) is 11.9. The molecule has 5 nitrogen and oxygen atoms in total. The Morgan fingerprint density at radius 2 is 1.93 bits per heavy atom.